The molecule has 6 nitrogen and oxygen atoms in total. The van der Waals surface area contributed by atoms with Crippen molar-refractivity contribution >= 4 is 44.9 Å². The maximum Gasteiger partial charge on any atom is 0.264 e. The number of aromatic nitrogens is 2. The number of carbonyl (C=O) groups excluding carboxylic acids is 1. The number of piperazine rings is 1. The molecule has 0 aliphatic carbocycles. The number of rotatable bonds is 3. The molecule has 27 heavy (non-hydrogen) atoms. The molecule has 0 atom stereocenters. The number of aryl methyl sites for hydroxylation is 1. The Bertz CT molecular complexity index is 812. The lowest BCUT2D eigenvalue weighted by Gasteiger charge is -2.35. The molecule has 4 heterocycles. The summed E-state index contributed by atoms with van der Waals surface area (Å²) < 4.78 is 0.966. The summed E-state index contributed by atoms with van der Waals surface area (Å²) >= 11 is 4.91. The molecule has 0 N–H and O–H groups in total. The second-order valence-corrected chi connectivity index (χ2v) is 8.95. The Balaban J connectivity index is 1.43. The van der Waals surface area contributed by atoms with Crippen LogP contribution in [0.1, 0.15) is 34.6 Å². The first-order valence-electron chi connectivity index (χ1n) is 9.49. The van der Waals surface area contributed by atoms with E-state index in [1.807, 2.05) is 23.3 Å². The van der Waals surface area contributed by atoms with Gasteiger partial charge in [-0.2, -0.15) is 4.98 Å². The van der Waals surface area contributed by atoms with Crippen LogP contribution in [0.25, 0.3) is 0 Å². The van der Waals surface area contributed by atoms with Crippen LogP contribution in [-0.4, -0.2) is 60.0 Å². The van der Waals surface area contributed by atoms with E-state index in [1.165, 1.54) is 30.6 Å². The van der Waals surface area contributed by atoms with Gasteiger partial charge in [-0.3, -0.25) is 4.79 Å². The van der Waals surface area contributed by atoms with Gasteiger partial charge in [-0.25, -0.2) is 4.98 Å². The SMILES string of the molecule is Cc1cc(N2CCCCC2)nc(N2CCN(C(=O)c3cc(Br)cs3)CC2)n1. The Morgan fingerprint density at radius 3 is 2.41 bits per heavy atom. The molecule has 2 aliphatic heterocycles. The van der Waals surface area contributed by atoms with Gasteiger partial charge < -0.3 is 14.7 Å². The number of thiophene rings is 1. The quantitative estimate of drug-likeness (QED) is 0.716. The third-order valence-electron chi connectivity index (χ3n) is 5.14. The number of hydrogen-bond acceptors (Lipinski definition) is 6. The fourth-order valence-corrected chi connectivity index (χ4v) is 5.05. The molecule has 0 unspecified atom stereocenters. The first kappa shape index (κ1) is 18.7. The van der Waals surface area contributed by atoms with Crippen LogP contribution in [-0.2, 0) is 0 Å². The minimum absolute atomic E-state index is 0.115. The van der Waals surface area contributed by atoms with Crippen molar-refractivity contribution < 1.29 is 4.79 Å². The van der Waals surface area contributed by atoms with Crippen molar-refractivity contribution in [3.8, 4) is 0 Å². The van der Waals surface area contributed by atoms with Crippen LogP contribution in [0.5, 0.6) is 0 Å². The molecule has 0 saturated carbocycles. The Morgan fingerprint density at radius 2 is 1.74 bits per heavy atom. The summed E-state index contributed by atoms with van der Waals surface area (Å²) in [6.07, 6.45) is 3.78. The number of anilines is 2. The van der Waals surface area contributed by atoms with Crippen molar-refractivity contribution in [2.45, 2.75) is 26.2 Å². The largest absolute Gasteiger partial charge is 0.356 e. The molecular weight excluding hydrogens is 426 g/mol. The lowest BCUT2D eigenvalue weighted by atomic mass is 10.1. The minimum atomic E-state index is 0.115. The maximum atomic E-state index is 12.6. The highest BCUT2D eigenvalue weighted by Crippen LogP contribution is 2.24. The number of nitrogens with zero attached hydrogens (tertiary/aromatic N) is 5. The van der Waals surface area contributed by atoms with Gasteiger partial charge in [0.25, 0.3) is 5.91 Å². The van der Waals surface area contributed by atoms with Crippen LogP contribution in [0.3, 0.4) is 0 Å². The second kappa shape index (κ2) is 8.14. The summed E-state index contributed by atoms with van der Waals surface area (Å²) in [5.41, 5.74) is 1.00. The van der Waals surface area contributed by atoms with Crippen molar-refractivity contribution in [3.05, 3.63) is 32.6 Å². The van der Waals surface area contributed by atoms with Crippen LogP contribution in [0, 0.1) is 6.92 Å². The fourth-order valence-electron chi connectivity index (χ4n) is 3.65. The summed E-state index contributed by atoms with van der Waals surface area (Å²) in [4.78, 5) is 29.4. The summed E-state index contributed by atoms with van der Waals surface area (Å²) in [5, 5.41) is 1.95. The molecule has 2 aromatic rings. The maximum absolute atomic E-state index is 12.6. The molecule has 8 heteroatoms. The zero-order chi connectivity index (χ0) is 18.8. The number of carbonyl (C=O) groups is 1. The molecule has 2 fully saturated rings. The molecule has 4 rings (SSSR count). The van der Waals surface area contributed by atoms with E-state index < -0.39 is 0 Å². The van der Waals surface area contributed by atoms with E-state index in [2.05, 4.69) is 36.8 Å². The molecule has 144 valence electrons. The highest BCUT2D eigenvalue weighted by atomic mass is 79.9. The average Bonchev–Trinajstić information content (AvgIpc) is 3.14. The van der Waals surface area contributed by atoms with E-state index in [0.717, 1.165) is 53.0 Å². The van der Waals surface area contributed by atoms with Gasteiger partial charge in [0, 0.05) is 60.9 Å². The van der Waals surface area contributed by atoms with Crippen molar-refractivity contribution in [2.24, 2.45) is 0 Å². The Morgan fingerprint density at radius 1 is 1.00 bits per heavy atom. The van der Waals surface area contributed by atoms with Gasteiger partial charge in [0.05, 0.1) is 4.88 Å². The van der Waals surface area contributed by atoms with E-state index >= 15 is 0 Å². The number of halogens is 1. The Labute approximate surface area is 172 Å². The van der Waals surface area contributed by atoms with Crippen molar-refractivity contribution in [1.82, 2.24) is 14.9 Å². The predicted octanol–water partition coefficient (Wildman–Crippen LogP) is 3.56. The van der Waals surface area contributed by atoms with Crippen LogP contribution in [0.2, 0.25) is 0 Å². The zero-order valence-corrected chi connectivity index (χ0v) is 17.9. The van der Waals surface area contributed by atoms with Gasteiger partial charge in [-0.05, 0) is 48.2 Å². The number of amides is 1. The lowest BCUT2D eigenvalue weighted by molar-refractivity contribution is 0.0751. The molecule has 1 amide bonds. The Kier molecular flexibility index (Phi) is 5.63. The van der Waals surface area contributed by atoms with E-state index in [-0.39, 0.29) is 5.91 Å². The predicted molar refractivity (Wildman–Crippen MR) is 113 cm³/mol. The van der Waals surface area contributed by atoms with Gasteiger partial charge in [-0.1, -0.05) is 0 Å². The first-order chi connectivity index (χ1) is 13.1. The molecular formula is C19H24BrN5OS. The zero-order valence-electron chi connectivity index (χ0n) is 15.5. The topological polar surface area (TPSA) is 52.6 Å². The van der Waals surface area contributed by atoms with Gasteiger partial charge in [-0.15, -0.1) is 11.3 Å². The molecule has 0 bridgehead atoms. The summed E-state index contributed by atoms with van der Waals surface area (Å²) in [6, 6.07) is 3.98. The van der Waals surface area contributed by atoms with E-state index in [1.54, 1.807) is 0 Å². The summed E-state index contributed by atoms with van der Waals surface area (Å²) in [7, 11) is 0. The Hall–Kier alpha value is -1.67. The van der Waals surface area contributed by atoms with Gasteiger partial charge in [0.2, 0.25) is 5.95 Å². The molecule has 2 aromatic heterocycles. The van der Waals surface area contributed by atoms with Crippen LogP contribution in [0.4, 0.5) is 11.8 Å². The van der Waals surface area contributed by atoms with E-state index in [0.29, 0.717) is 13.1 Å². The van der Waals surface area contributed by atoms with Crippen molar-refractivity contribution in [3.63, 3.8) is 0 Å². The third kappa shape index (κ3) is 4.27. The summed E-state index contributed by atoms with van der Waals surface area (Å²) in [5.74, 6) is 1.95. The highest BCUT2D eigenvalue weighted by molar-refractivity contribution is 9.10. The average molecular weight is 450 g/mol. The lowest BCUT2D eigenvalue weighted by Crippen LogP contribution is -2.49. The number of hydrogen-bond donors (Lipinski definition) is 0. The fraction of sp³-hybridized carbons (Fsp3) is 0.526. The second-order valence-electron chi connectivity index (χ2n) is 7.12. The number of piperidine rings is 1. The first-order valence-corrected chi connectivity index (χ1v) is 11.2. The standard InChI is InChI=1S/C19H24BrN5OS/c1-14-11-17(23-5-3-2-4-6-23)22-19(21-14)25-9-7-24(8-10-25)18(26)16-12-15(20)13-27-16/h11-13H,2-10H2,1H3. The molecule has 0 aromatic carbocycles. The molecule has 0 radical (unpaired) electrons. The molecule has 0 spiro atoms. The van der Waals surface area contributed by atoms with E-state index in [4.69, 9.17) is 4.98 Å². The van der Waals surface area contributed by atoms with Crippen molar-refractivity contribution in [2.75, 3.05) is 49.1 Å². The minimum Gasteiger partial charge on any atom is -0.356 e. The third-order valence-corrected chi connectivity index (χ3v) is 6.82. The summed E-state index contributed by atoms with van der Waals surface area (Å²) in [6.45, 7) is 7.12. The van der Waals surface area contributed by atoms with Gasteiger partial charge >= 0.3 is 0 Å². The molecule has 2 saturated heterocycles. The monoisotopic (exact) mass is 449 g/mol. The van der Waals surface area contributed by atoms with Crippen LogP contribution >= 0.6 is 27.3 Å². The van der Waals surface area contributed by atoms with Gasteiger partial charge in [0.15, 0.2) is 0 Å². The highest BCUT2D eigenvalue weighted by Gasteiger charge is 2.25. The molecule has 2 aliphatic rings. The van der Waals surface area contributed by atoms with Gasteiger partial charge in [0.1, 0.15) is 5.82 Å². The van der Waals surface area contributed by atoms with Crippen LogP contribution < -0.4 is 9.80 Å². The normalized spacial score (nSPS) is 18.1. The van der Waals surface area contributed by atoms with Crippen LogP contribution in [0.15, 0.2) is 22.0 Å². The smallest absolute Gasteiger partial charge is 0.264 e. The van der Waals surface area contributed by atoms with E-state index in [9.17, 15) is 4.79 Å². The van der Waals surface area contributed by atoms with Crippen molar-refractivity contribution in [1.29, 1.82) is 0 Å².